The average molecular weight is 275 g/mol. The maximum Gasteiger partial charge on any atom is 0.217 e. The van der Waals surface area contributed by atoms with Gasteiger partial charge in [-0.2, -0.15) is 10.5 Å². The summed E-state index contributed by atoms with van der Waals surface area (Å²) in [5.41, 5.74) is 6.40. The first kappa shape index (κ1) is 13.2. The standard InChI is InChI=1S/C12H13N5OS/c1-7(18)16-8-2-3-17(6-8)12-9(4-13)11(15)10(5-14)19-12/h8H,2-3,6,15H2,1H3,(H,16,18). The molecule has 0 aromatic carbocycles. The summed E-state index contributed by atoms with van der Waals surface area (Å²) in [5.74, 6) is -0.0595. The van der Waals surface area contributed by atoms with Crippen molar-refractivity contribution in [3.05, 3.63) is 10.4 Å². The van der Waals surface area contributed by atoms with E-state index in [0.29, 0.717) is 17.0 Å². The van der Waals surface area contributed by atoms with Crippen LogP contribution in [0.25, 0.3) is 0 Å². The highest BCUT2D eigenvalue weighted by molar-refractivity contribution is 7.17. The van der Waals surface area contributed by atoms with Crippen molar-refractivity contribution in [2.75, 3.05) is 23.7 Å². The van der Waals surface area contributed by atoms with E-state index in [1.54, 1.807) is 0 Å². The minimum absolute atomic E-state index is 0.0595. The van der Waals surface area contributed by atoms with Gasteiger partial charge in [-0.15, -0.1) is 11.3 Å². The lowest BCUT2D eigenvalue weighted by molar-refractivity contribution is -0.119. The van der Waals surface area contributed by atoms with Gasteiger partial charge in [0, 0.05) is 26.1 Å². The number of rotatable bonds is 2. The number of thiophene rings is 1. The second kappa shape index (κ2) is 5.17. The molecule has 1 aromatic rings. The van der Waals surface area contributed by atoms with E-state index in [0.717, 1.165) is 18.0 Å². The number of nitrogens with zero attached hydrogens (tertiary/aromatic N) is 3. The zero-order valence-electron chi connectivity index (χ0n) is 10.4. The van der Waals surface area contributed by atoms with Crippen LogP contribution in [0.3, 0.4) is 0 Å². The van der Waals surface area contributed by atoms with E-state index in [1.165, 1.54) is 18.3 Å². The molecule has 0 aliphatic carbocycles. The molecule has 1 fully saturated rings. The largest absolute Gasteiger partial charge is 0.396 e. The van der Waals surface area contributed by atoms with E-state index < -0.39 is 0 Å². The number of nitrogens with one attached hydrogen (secondary N) is 1. The first-order valence-corrected chi connectivity index (χ1v) is 6.63. The molecule has 2 heterocycles. The molecule has 1 aliphatic rings. The monoisotopic (exact) mass is 275 g/mol. The average Bonchev–Trinajstić information content (AvgIpc) is 2.92. The van der Waals surface area contributed by atoms with Gasteiger partial charge in [-0.1, -0.05) is 0 Å². The van der Waals surface area contributed by atoms with Crippen LogP contribution in [0.4, 0.5) is 10.7 Å². The summed E-state index contributed by atoms with van der Waals surface area (Å²) in [7, 11) is 0. The summed E-state index contributed by atoms with van der Waals surface area (Å²) in [6.45, 7) is 2.86. The molecule has 1 unspecified atom stereocenters. The Morgan fingerprint density at radius 2 is 2.26 bits per heavy atom. The van der Waals surface area contributed by atoms with Gasteiger partial charge < -0.3 is 16.0 Å². The van der Waals surface area contributed by atoms with Crippen molar-refractivity contribution in [3.8, 4) is 12.1 Å². The van der Waals surface area contributed by atoms with Crippen LogP contribution >= 0.6 is 11.3 Å². The van der Waals surface area contributed by atoms with Crippen molar-refractivity contribution < 1.29 is 4.79 Å². The molecule has 1 saturated heterocycles. The Balaban J connectivity index is 2.23. The number of hydrogen-bond donors (Lipinski definition) is 2. The third-order valence-corrected chi connectivity index (χ3v) is 4.19. The van der Waals surface area contributed by atoms with Crippen LogP contribution < -0.4 is 16.0 Å². The summed E-state index contributed by atoms with van der Waals surface area (Å²) in [6, 6.07) is 4.14. The number of carbonyl (C=O) groups is 1. The zero-order valence-corrected chi connectivity index (χ0v) is 11.3. The van der Waals surface area contributed by atoms with E-state index in [2.05, 4.69) is 11.4 Å². The number of nitrogens with two attached hydrogens (primary N) is 1. The number of anilines is 2. The van der Waals surface area contributed by atoms with Crippen LogP contribution in [0.2, 0.25) is 0 Å². The Labute approximate surface area is 115 Å². The number of nitrogen functional groups attached to an aromatic ring is 1. The van der Waals surface area contributed by atoms with Crippen LogP contribution in [-0.2, 0) is 4.79 Å². The zero-order chi connectivity index (χ0) is 14.0. The summed E-state index contributed by atoms with van der Waals surface area (Å²) in [5, 5.41) is 21.7. The number of carbonyl (C=O) groups excluding carboxylic acids is 1. The van der Waals surface area contributed by atoms with Gasteiger partial charge in [0.15, 0.2) is 0 Å². The van der Waals surface area contributed by atoms with Crippen LogP contribution in [0.5, 0.6) is 0 Å². The summed E-state index contributed by atoms with van der Waals surface area (Å²) < 4.78 is 0. The SMILES string of the molecule is CC(=O)NC1CCN(c2sc(C#N)c(N)c2C#N)C1. The third-order valence-electron chi connectivity index (χ3n) is 3.02. The maximum absolute atomic E-state index is 11.0. The summed E-state index contributed by atoms with van der Waals surface area (Å²) in [6.07, 6.45) is 0.824. The predicted molar refractivity (Wildman–Crippen MR) is 72.6 cm³/mol. The molecule has 0 radical (unpaired) electrons. The van der Waals surface area contributed by atoms with Gasteiger partial charge in [0.1, 0.15) is 27.6 Å². The normalized spacial score (nSPS) is 17.8. The number of hydrogen-bond acceptors (Lipinski definition) is 6. The molecule has 0 bridgehead atoms. The minimum atomic E-state index is -0.0595. The second-order valence-corrected chi connectivity index (χ2v) is 5.38. The first-order chi connectivity index (χ1) is 9.06. The highest BCUT2D eigenvalue weighted by Gasteiger charge is 2.28. The van der Waals surface area contributed by atoms with Crippen LogP contribution in [0, 0.1) is 22.7 Å². The molecular weight excluding hydrogens is 262 g/mol. The first-order valence-electron chi connectivity index (χ1n) is 5.81. The second-order valence-electron chi connectivity index (χ2n) is 4.38. The van der Waals surface area contributed by atoms with E-state index >= 15 is 0 Å². The van der Waals surface area contributed by atoms with Gasteiger partial charge in [0.05, 0.1) is 5.69 Å². The molecule has 1 aromatic heterocycles. The Morgan fingerprint density at radius 3 is 2.84 bits per heavy atom. The quantitative estimate of drug-likeness (QED) is 0.830. The van der Waals surface area contributed by atoms with Crippen molar-refractivity contribution in [3.63, 3.8) is 0 Å². The molecule has 0 spiro atoms. The predicted octanol–water partition coefficient (Wildman–Crippen LogP) is 0.788. The fraction of sp³-hybridized carbons (Fsp3) is 0.417. The van der Waals surface area contributed by atoms with E-state index in [4.69, 9.17) is 16.3 Å². The highest BCUT2D eigenvalue weighted by Crippen LogP contribution is 2.38. The molecule has 1 amide bonds. The Bertz CT molecular complexity index is 594. The van der Waals surface area contributed by atoms with Crippen molar-refractivity contribution in [1.29, 1.82) is 10.5 Å². The minimum Gasteiger partial charge on any atom is -0.396 e. The molecule has 0 saturated carbocycles. The van der Waals surface area contributed by atoms with E-state index in [-0.39, 0.29) is 17.6 Å². The van der Waals surface area contributed by atoms with E-state index in [9.17, 15) is 4.79 Å². The van der Waals surface area contributed by atoms with Gasteiger partial charge in [-0.25, -0.2) is 0 Å². The maximum atomic E-state index is 11.0. The molecule has 2 rings (SSSR count). The molecule has 7 heteroatoms. The fourth-order valence-electron chi connectivity index (χ4n) is 2.20. The van der Waals surface area contributed by atoms with Crippen LogP contribution in [0.15, 0.2) is 0 Å². The van der Waals surface area contributed by atoms with Gasteiger partial charge >= 0.3 is 0 Å². The molecule has 3 N–H and O–H groups in total. The van der Waals surface area contributed by atoms with Crippen molar-refractivity contribution in [1.82, 2.24) is 5.32 Å². The highest BCUT2D eigenvalue weighted by atomic mass is 32.1. The van der Waals surface area contributed by atoms with Crippen LogP contribution in [-0.4, -0.2) is 25.0 Å². The topological polar surface area (TPSA) is 106 Å². The number of nitriles is 2. The Kier molecular flexibility index (Phi) is 3.59. The fourth-order valence-corrected chi connectivity index (χ4v) is 3.20. The van der Waals surface area contributed by atoms with Gasteiger partial charge in [0.25, 0.3) is 0 Å². The smallest absolute Gasteiger partial charge is 0.217 e. The van der Waals surface area contributed by atoms with Crippen molar-refractivity contribution in [2.45, 2.75) is 19.4 Å². The Morgan fingerprint density at radius 1 is 1.53 bits per heavy atom. The molecule has 1 atom stereocenters. The molecule has 1 aliphatic heterocycles. The van der Waals surface area contributed by atoms with Gasteiger partial charge in [-0.3, -0.25) is 4.79 Å². The third kappa shape index (κ3) is 2.47. The van der Waals surface area contributed by atoms with Crippen molar-refractivity contribution >= 4 is 27.9 Å². The Hall–Kier alpha value is -2.25. The van der Waals surface area contributed by atoms with Gasteiger partial charge in [0.2, 0.25) is 5.91 Å². The lowest BCUT2D eigenvalue weighted by atomic mass is 10.2. The molecular formula is C12H13N5OS. The van der Waals surface area contributed by atoms with Gasteiger partial charge in [-0.05, 0) is 6.42 Å². The van der Waals surface area contributed by atoms with E-state index in [1.807, 2.05) is 11.0 Å². The summed E-state index contributed by atoms with van der Waals surface area (Å²) in [4.78, 5) is 13.4. The molecule has 19 heavy (non-hydrogen) atoms. The lowest BCUT2D eigenvalue weighted by Crippen LogP contribution is -2.35. The van der Waals surface area contributed by atoms with Crippen molar-refractivity contribution in [2.24, 2.45) is 0 Å². The molecule has 98 valence electrons. The van der Waals surface area contributed by atoms with Crippen LogP contribution in [0.1, 0.15) is 23.8 Å². The summed E-state index contributed by atoms with van der Waals surface area (Å²) >= 11 is 1.23. The lowest BCUT2D eigenvalue weighted by Gasteiger charge is -2.17. The molecule has 6 nitrogen and oxygen atoms in total. The number of amides is 1.